The molecule has 1 aromatic heterocycles. The molecule has 0 aliphatic carbocycles. The van der Waals surface area contributed by atoms with E-state index < -0.39 is 0 Å². The van der Waals surface area contributed by atoms with Crippen LogP contribution in [0.4, 0.5) is 5.69 Å². The highest BCUT2D eigenvalue weighted by atomic mass is 32.1. The molecule has 0 spiro atoms. The van der Waals surface area contributed by atoms with Crippen molar-refractivity contribution in [2.24, 2.45) is 0 Å². The second-order valence-corrected chi connectivity index (χ2v) is 8.04. The van der Waals surface area contributed by atoms with Gasteiger partial charge in [-0.1, -0.05) is 18.2 Å². The molecule has 4 nitrogen and oxygen atoms in total. The lowest BCUT2D eigenvalue weighted by Crippen LogP contribution is -2.52. The van der Waals surface area contributed by atoms with Crippen LogP contribution in [0.5, 0.6) is 0 Å². The number of amides is 1. The van der Waals surface area contributed by atoms with Gasteiger partial charge in [0.05, 0.1) is 0 Å². The molecule has 1 aliphatic heterocycles. The minimum Gasteiger partial charge on any atom is -0.369 e. The van der Waals surface area contributed by atoms with Crippen molar-refractivity contribution < 1.29 is 4.79 Å². The smallest absolute Gasteiger partial charge is 0.251 e. The van der Waals surface area contributed by atoms with Crippen LogP contribution in [0.15, 0.2) is 60.0 Å². The van der Waals surface area contributed by atoms with E-state index in [4.69, 9.17) is 0 Å². The normalized spacial score (nSPS) is 16.4. The van der Waals surface area contributed by atoms with E-state index in [2.05, 4.69) is 63.8 Å². The van der Waals surface area contributed by atoms with E-state index >= 15 is 0 Å². The lowest BCUT2D eigenvalue weighted by atomic mass is 10.1. The number of thiophene rings is 1. The fraction of sp³-hybridized carbons (Fsp3) is 0.318. The second-order valence-electron chi connectivity index (χ2n) is 7.09. The molecule has 1 fully saturated rings. The molecule has 140 valence electrons. The number of fused-ring (bicyclic) bond motifs is 1. The zero-order valence-electron chi connectivity index (χ0n) is 15.6. The number of carbonyl (C=O) groups excluding carboxylic acids is 1. The van der Waals surface area contributed by atoms with Crippen molar-refractivity contribution in [1.82, 2.24) is 10.2 Å². The van der Waals surface area contributed by atoms with Gasteiger partial charge in [-0.25, -0.2) is 0 Å². The third-order valence-electron chi connectivity index (χ3n) is 5.33. The van der Waals surface area contributed by atoms with Crippen molar-refractivity contribution in [3.63, 3.8) is 0 Å². The van der Waals surface area contributed by atoms with E-state index in [1.807, 2.05) is 18.2 Å². The molecular weight excluding hydrogens is 354 g/mol. The third kappa shape index (κ3) is 4.15. The van der Waals surface area contributed by atoms with Crippen LogP contribution in [0.3, 0.4) is 0 Å². The van der Waals surface area contributed by atoms with E-state index in [0.29, 0.717) is 12.6 Å². The molecule has 3 aromatic rings. The van der Waals surface area contributed by atoms with Crippen molar-refractivity contribution >= 4 is 33.0 Å². The van der Waals surface area contributed by atoms with Crippen LogP contribution in [0.2, 0.25) is 0 Å². The Kier molecular flexibility index (Phi) is 5.41. The molecule has 5 heteroatoms. The van der Waals surface area contributed by atoms with E-state index in [-0.39, 0.29) is 5.91 Å². The maximum atomic E-state index is 12.5. The largest absolute Gasteiger partial charge is 0.369 e. The molecule has 1 saturated heterocycles. The molecule has 0 saturated carbocycles. The number of rotatable bonds is 5. The summed E-state index contributed by atoms with van der Waals surface area (Å²) in [6.07, 6.45) is 0. The lowest BCUT2D eigenvalue weighted by Gasteiger charge is -2.39. The lowest BCUT2D eigenvalue weighted by molar-refractivity contribution is 0.0934. The van der Waals surface area contributed by atoms with Gasteiger partial charge in [-0.05, 0) is 54.1 Å². The Hall–Kier alpha value is -2.37. The quantitative estimate of drug-likeness (QED) is 0.732. The SMILES string of the molecule is CC(CNC(=O)c1ccc2sccc2c1)N1CCN(c2ccccc2)CC1. The number of hydrogen-bond acceptors (Lipinski definition) is 4. The topological polar surface area (TPSA) is 35.6 Å². The summed E-state index contributed by atoms with van der Waals surface area (Å²) >= 11 is 1.70. The first-order chi connectivity index (χ1) is 13.2. The molecule has 1 amide bonds. The Balaban J connectivity index is 1.28. The van der Waals surface area contributed by atoms with E-state index in [1.165, 1.54) is 10.4 Å². The third-order valence-corrected chi connectivity index (χ3v) is 6.23. The predicted molar refractivity (Wildman–Crippen MR) is 114 cm³/mol. The molecule has 0 bridgehead atoms. The second kappa shape index (κ2) is 8.11. The number of hydrogen-bond donors (Lipinski definition) is 1. The minimum atomic E-state index is 0.0119. The number of piperazine rings is 1. The van der Waals surface area contributed by atoms with Crippen LogP contribution >= 0.6 is 11.3 Å². The Labute approximate surface area is 164 Å². The molecule has 1 atom stereocenters. The minimum absolute atomic E-state index is 0.0119. The van der Waals surface area contributed by atoms with Crippen molar-refractivity contribution in [3.05, 3.63) is 65.5 Å². The summed E-state index contributed by atoms with van der Waals surface area (Å²) in [6, 6.07) is 18.9. The summed E-state index contributed by atoms with van der Waals surface area (Å²) in [7, 11) is 0. The maximum absolute atomic E-state index is 12.5. The molecule has 1 unspecified atom stereocenters. The first-order valence-corrected chi connectivity index (χ1v) is 10.4. The Morgan fingerprint density at radius 1 is 1.07 bits per heavy atom. The van der Waals surface area contributed by atoms with E-state index in [9.17, 15) is 4.79 Å². The number of nitrogens with one attached hydrogen (secondary N) is 1. The maximum Gasteiger partial charge on any atom is 0.251 e. The summed E-state index contributed by atoms with van der Waals surface area (Å²) in [5.41, 5.74) is 2.03. The van der Waals surface area contributed by atoms with Gasteiger partial charge in [0.1, 0.15) is 0 Å². The van der Waals surface area contributed by atoms with Crippen molar-refractivity contribution in [2.45, 2.75) is 13.0 Å². The van der Waals surface area contributed by atoms with Gasteiger partial charge in [0.25, 0.3) is 5.91 Å². The Morgan fingerprint density at radius 3 is 2.63 bits per heavy atom. The average molecular weight is 380 g/mol. The van der Waals surface area contributed by atoms with Gasteiger partial charge in [-0.15, -0.1) is 11.3 Å². The molecule has 0 radical (unpaired) electrons. The van der Waals surface area contributed by atoms with Gasteiger partial charge in [0, 0.05) is 54.7 Å². The summed E-state index contributed by atoms with van der Waals surface area (Å²) in [5, 5.41) is 6.30. The van der Waals surface area contributed by atoms with Crippen LogP contribution < -0.4 is 10.2 Å². The first-order valence-electron chi connectivity index (χ1n) is 9.50. The Bertz CT molecular complexity index is 900. The molecule has 2 aromatic carbocycles. The average Bonchev–Trinajstić information content (AvgIpc) is 3.20. The summed E-state index contributed by atoms with van der Waals surface area (Å²) < 4.78 is 1.22. The first kappa shape index (κ1) is 18.0. The fourth-order valence-corrected chi connectivity index (χ4v) is 4.41. The van der Waals surface area contributed by atoms with Gasteiger partial charge in [0.15, 0.2) is 0 Å². The van der Waals surface area contributed by atoms with Crippen LogP contribution in [0.25, 0.3) is 10.1 Å². The summed E-state index contributed by atoms with van der Waals surface area (Å²) in [5.74, 6) is 0.0119. The van der Waals surface area contributed by atoms with Crippen LogP contribution in [0, 0.1) is 0 Å². The number of para-hydroxylation sites is 1. The molecule has 4 rings (SSSR count). The van der Waals surface area contributed by atoms with E-state index in [1.54, 1.807) is 11.3 Å². The monoisotopic (exact) mass is 379 g/mol. The van der Waals surface area contributed by atoms with Crippen molar-refractivity contribution in [3.8, 4) is 0 Å². The summed E-state index contributed by atoms with van der Waals surface area (Å²) in [6.45, 7) is 6.96. The van der Waals surface area contributed by atoms with E-state index in [0.717, 1.165) is 37.1 Å². The highest BCUT2D eigenvalue weighted by molar-refractivity contribution is 7.17. The number of benzene rings is 2. The number of nitrogens with zero attached hydrogens (tertiary/aromatic N) is 2. The zero-order chi connectivity index (χ0) is 18.6. The van der Waals surface area contributed by atoms with Crippen LogP contribution in [-0.4, -0.2) is 49.6 Å². The molecule has 1 N–H and O–H groups in total. The number of anilines is 1. The van der Waals surface area contributed by atoms with Gasteiger partial charge in [-0.2, -0.15) is 0 Å². The zero-order valence-corrected chi connectivity index (χ0v) is 16.4. The highest BCUT2D eigenvalue weighted by Crippen LogP contribution is 2.22. The molecule has 2 heterocycles. The predicted octanol–water partition coefficient (Wildman–Crippen LogP) is 3.84. The van der Waals surface area contributed by atoms with Gasteiger partial charge in [0.2, 0.25) is 0 Å². The molecule has 27 heavy (non-hydrogen) atoms. The standard InChI is InChI=1S/C22H25N3OS/c1-17(24-10-12-25(13-11-24)20-5-3-2-4-6-20)16-23-22(26)19-7-8-21-18(15-19)9-14-27-21/h2-9,14-15,17H,10-13,16H2,1H3,(H,23,26). The number of carbonyl (C=O) groups is 1. The van der Waals surface area contributed by atoms with Crippen molar-refractivity contribution in [2.75, 3.05) is 37.6 Å². The summed E-state index contributed by atoms with van der Waals surface area (Å²) in [4.78, 5) is 17.4. The van der Waals surface area contributed by atoms with Crippen molar-refractivity contribution in [1.29, 1.82) is 0 Å². The van der Waals surface area contributed by atoms with Gasteiger partial charge in [-0.3, -0.25) is 9.69 Å². The molecular formula is C22H25N3OS. The highest BCUT2D eigenvalue weighted by Gasteiger charge is 2.21. The fourth-order valence-electron chi connectivity index (χ4n) is 3.64. The van der Waals surface area contributed by atoms with Gasteiger partial charge >= 0.3 is 0 Å². The van der Waals surface area contributed by atoms with Gasteiger partial charge < -0.3 is 10.2 Å². The van der Waals surface area contributed by atoms with Crippen LogP contribution in [-0.2, 0) is 0 Å². The molecule has 1 aliphatic rings. The Morgan fingerprint density at radius 2 is 1.85 bits per heavy atom. The van der Waals surface area contributed by atoms with Crippen LogP contribution in [0.1, 0.15) is 17.3 Å².